The van der Waals surface area contributed by atoms with Crippen molar-refractivity contribution in [2.24, 2.45) is 0 Å². The van der Waals surface area contributed by atoms with Crippen molar-refractivity contribution in [1.82, 2.24) is 0 Å². The quantitative estimate of drug-likeness (QED) is 0.469. The van der Waals surface area contributed by atoms with Crippen LogP contribution in [-0.4, -0.2) is 17.2 Å². The monoisotopic (exact) mass is 256 g/mol. The number of esters is 2. The Morgan fingerprint density at radius 1 is 1.00 bits per heavy atom. The molecule has 17 heavy (non-hydrogen) atoms. The van der Waals surface area contributed by atoms with Gasteiger partial charge in [0.2, 0.25) is 0 Å². The highest BCUT2D eigenvalue weighted by Crippen LogP contribution is 2.29. The Balaban J connectivity index is 3.15. The summed E-state index contributed by atoms with van der Waals surface area (Å²) in [7, 11) is 0. The van der Waals surface area contributed by atoms with Crippen LogP contribution in [-0.2, 0) is 9.59 Å². The van der Waals surface area contributed by atoms with Gasteiger partial charge in [0.25, 0.3) is 5.24 Å². The summed E-state index contributed by atoms with van der Waals surface area (Å²) < 4.78 is 9.62. The molecule has 0 aromatic heterocycles. The van der Waals surface area contributed by atoms with Crippen LogP contribution in [0, 0.1) is 0 Å². The fourth-order valence-corrected chi connectivity index (χ4v) is 1.22. The molecule has 0 fully saturated rings. The number of hydrogen-bond donors (Lipinski definition) is 0. The van der Waals surface area contributed by atoms with E-state index in [-0.39, 0.29) is 17.1 Å². The van der Waals surface area contributed by atoms with Crippen molar-refractivity contribution in [3.63, 3.8) is 0 Å². The topological polar surface area (TPSA) is 69.7 Å². The first-order valence-electron chi connectivity index (χ1n) is 4.61. The zero-order chi connectivity index (χ0) is 13.0. The van der Waals surface area contributed by atoms with E-state index in [9.17, 15) is 14.4 Å². The summed E-state index contributed by atoms with van der Waals surface area (Å²) in [6, 6.07) is 3.92. The zero-order valence-electron chi connectivity index (χ0n) is 9.15. The van der Waals surface area contributed by atoms with Gasteiger partial charge in [0.15, 0.2) is 11.5 Å². The Hall–Kier alpha value is -1.88. The lowest BCUT2D eigenvalue weighted by Crippen LogP contribution is -2.07. The molecule has 5 nitrogen and oxygen atoms in total. The predicted octanol–water partition coefficient (Wildman–Crippen LogP) is 1.92. The molecule has 0 bridgehead atoms. The molecule has 0 amide bonds. The molecule has 0 saturated heterocycles. The third-order valence-electron chi connectivity index (χ3n) is 1.68. The van der Waals surface area contributed by atoms with E-state index in [1.807, 2.05) is 0 Å². The Kier molecular flexibility index (Phi) is 4.23. The molecule has 0 saturated carbocycles. The van der Waals surface area contributed by atoms with E-state index >= 15 is 0 Å². The number of carbonyl (C=O) groups excluding carboxylic acids is 3. The lowest BCUT2D eigenvalue weighted by molar-refractivity contribution is -0.134. The molecule has 0 heterocycles. The normalized spacial score (nSPS) is 9.59. The highest BCUT2D eigenvalue weighted by molar-refractivity contribution is 6.67. The third-order valence-corrected chi connectivity index (χ3v) is 1.90. The molecule has 0 aliphatic rings. The van der Waals surface area contributed by atoms with Gasteiger partial charge in [0.05, 0.1) is 0 Å². The lowest BCUT2D eigenvalue weighted by atomic mass is 10.2. The first kappa shape index (κ1) is 13.2. The van der Waals surface area contributed by atoms with Crippen molar-refractivity contribution in [3.05, 3.63) is 23.8 Å². The second-order valence-corrected chi connectivity index (χ2v) is 3.47. The van der Waals surface area contributed by atoms with Crippen molar-refractivity contribution in [2.45, 2.75) is 13.8 Å². The van der Waals surface area contributed by atoms with E-state index in [1.54, 1.807) is 0 Å². The minimum atomic E-state index is -0.701. The van der Waals surface area contributed by atoms with E-state index < -0.39 is 17.2 Å². The summed E-state index contributed by atoms with van der Waals surface area (Å²) in [5, 5.41) is -0.701. The number of halogens is 1. The zero-order valence-corrected chi connectivity index (χ0v) is 9.91. The van der Waals surface area contributed by atoms with Crippen LogP contribution in [0.4, 0.5) is 0 Å². The van der Waals surface area contributed by atoms with Crippen LogP contribution in [0.15, 0.2) is 18.2 Å². The summed E-state index contributed by atoms with van der Waals surface area (Å²) in [5.41, 5.74) is 0.138. The molecule has 90 valence electrons. The van der Waals surface area contributed by atoms with Crippen LogP contribution in [0.1, 0.15) is 24.2 Å². The predicted molar refractivity (Wildman–Crippen MR) is 59.2 cm³/mol. The SMILES string of the molecule is CC(=O)Oc1ccc(C(=O)Cl)cc1OC(C)=O. The van der Waals surface area contributed by atoms with E-state index in [0.29, 0.717) is 0 Å². The van der Waals surface area contributed by atoms with Crippen LogP contribution >= 0.6 is 11.6 Å². The maximum atomic E-state index is 10.9. The molecule has 0 spiro atoms. The van der Waals surface area contributed by atoms with Crippen LogP contribution in [0.25, 0.3) is 0 Å². The number of carbonyl (C=O) groups is 3. The van der Waals surface area contributed by atoms with Crippen molar-refractivity contribution in [2.75, 3.05) is 0 Å². The van der Waals surface area contributed by atoms with Crippen LogP contribution in [0.2, 0.25) is 0 Å². The first-order valence-corrected chi connectivity index (χ1v) is 4.98. The van der Waals surface area contributed by atoms with E-state index in [4.69, 9.17) is 21.1 Å². The molecular formula is C11H9ClO5. The number of benzene rings is 1. The summed E-state index contributed by atoms with van der Waals surface area (Å²) in [6.45, 7) is 2.39. The van der Waals surface area contributed by atoms with Gasteiger partial charge < -0.3 is 9.47 Å². The van der Waals surface area contributed by atoms with Crippen LogP contribution in [0.3, 0.4) is 0 Å². The fraction of sp³-hybridized carbons (Fsp3) is 0.182. The molecule has 6 heteroatoms. The van der Waals surface area contributed by atoms with Gasteiger partial charge in [-0.25, -0.2) is 0 Å². The van der Waals surface area contributed by atoms with Gasteiger partial charge in [-0.05, 0) is 29.8 Å². The summed E-state index contributed by atoms with van der Waals surface area (Å²) in [4.78, 5) is 32.6. The Labute approximate surface area is 102 Å². The standard InChI is InChI=1S/C11H9ClO5/c1-6(13)16-9-4-3-8(11(12)15)5-10(9)17-7(2)14/h3-5H,1-2H3. The van der Waals surface area contributed by atoms with Gasteiger partial charge in [0, 0.05) is 19.4 Å². The molecular weight excluding hydrogens is 248 g/mol. The minimum absolute atomic E-state index is 0.0285. The number of hydrogen-bond acceptors (Lipinski definition) is 5. The third kappa shape index (κ3) is 3.88. The highest BCUT2D eigenvalue weighted by Gasteiger charge is 2.13. The molecule has 0 aliphatic heterocycles. The Morgan fingerprint density at radius 2 is 1.53 bits per heavy atom. The summed E-state index contributed by atoms with van der Waals surface area (Å²) in [5.74, 6) is -1.14. The van der Waals surface area contributed by atoms with Crippen molar-refractivity contribution < 1.29 is 23.9 Å². The minimum Gasteiger partial charge on any atom is -0.423 e. The fourth-order valence-electron chi connectivity index (χ4n) is 1.10. The largest absolute Gasteiger partial charge is 0.423 e. The highest BCUT2D eigenvalue weighted by atomic mass is 35.5. The van der Waals surface area contributed by atoms with Gasteiger partial charge >= 0.3 is 11.9 Å². The molecule has 1 rings (SSSR count). The summed E-state index contributed by atoms with van der Waals surface area (Å²) >= 11 is 5.28. The summed E-state index contributed by atoms with van der Waals surface area (Å²) in [6.07, 6.45) is 0. The van der Waals surface area contributed by atoms with Crippen molar-refractivity contribution in [1.29, 1.82) is 0 Å². The molecule has 1 aromatic carbocycles. The second kappa shape index (κ2) is 5.45. The van der Waals surface area contributed by atoms with Gasteiger partial charge in [0.1, 0.15) is 0 Å². The average molecular weight is 257 g/mol. The molecule has 0 radical (unpaired) electrons. The van der Waals surface area contributed by atoms with Gasteiger partial charge in [-0.2, -0.15) is 0 Å². The van der Waals surface area contributed by atoms with Crippen LogP contribution < -0.4 is 9.47 Å². The molecule has 0 N–H and O–H groups in total. The maximum Gasteiger partial charge on any atom is 0.308 e. The van der Waals surface area contributed by atoms with Gasteiger partial charge in [-0.15, -0.1) is 0 Å². The average Bonchev–Trinajstić information content (AvgIpc) is 2.18. The van der Waals surface area contributed by atoms with Crippen molar-refractivity contribution >= 4 is 28.8 Å². The van der Waals surface area contributed by atoms with E-state index in [0.717, 1.165) is 0 Å². The van der Waals surface area contributed by atoms with Gasteiger partial charge in [-0.3, -0.25) is 14.4 Å². The van der Waals surface area contributed by atoms with Gasteiger partial charge in [-0.1, -0.05) is 0 Å². The molecule has 0 atom stereocenters. The van der Waals surface area contributed by atoms with Crippen molar-refractivity contribution in [3.8, 4) is 11.5 Å². The Morgan fingerprint density at radius 3 is 2.00 bits per heavy atom. The maximum absolute atomic E-state index is 10.9. The lowest BCUT2D eigenvalue weighted by Gasteiger charge is -2.08. The Bertz CT molecular complexity index is 481. The molecule has 1 aromatic rings. The number of ether oxygens (including phenoxy) is 2. The molecule has 0 unspecified atom stereocenters. The molecule has 0 aliphatic carbocycles. The second-order valence-electron chi connectivity index (χ2n) is 3.12. The number of rotatable bonds is 3. The van der Waals surface area contributed by atoms with E-state index in [1.165, 1.54) is 32.0 Å². The van der Waals surface area contributed by atoms with E-state index in [2.05, 4.69) is 0 Å². The smallest absolute Gasteiger partial charge is 0.308 e. The van der Waals surface area contributed by atoms with Crippen LogP contribution in [0.5, 0.6) is 11.5 Å². The first-order chi connectivity index (χ1) is 7.90.